The fraction of sp³-hybridized carbons (Fsp3) is 0.129. The summed E-state index contributed by atoms with van der Waals surface area (Å²) in [6, 6.07) is 23.9. The molecule has 39 heavy (non-hydrogen) atoms. The highest BCUT2D eigenvalue weighted by atomic mass is 16.5. The summed E-state index contributed by atoms with van der Waals surface area (Å²) in [6.07, 6.45) is 3.25. The van der Waals surface area contributed by atoms with Gasteiger partial charge < -0.3 is 24.2 Å². The lowest BCUT2D eigenvalue weighted by molar-refractivity contribution is -0.140. The van der Waals surface area contributed by atoms with Crippen LogP contribution in [0.25, 0.3) is 5.76 Å². The molecular formula is C31H26N2O6. The van der Waals surface area contributed by atoms with E-state index in [0.717, 1.165) is 5.56 Å². The molecule has 5 rings (SSSR count). The van der Waals surface area contributed by atoms with Crippen LogP contribution >= 0.6 is 0 Å². The van der Waals surface area contributed by atoms with Gasteiger partial charge in [-0.25, -0.2) is 0 Å². The second-order valence-electron chi connectivity index (χ2n) is 8.84. The molecule has 1 aromatic heterocycles. The average Bonchev–Trinajstić information content (AvgIpc) is 3.22. The third-order valence-electron chi connectivity index (χ3n) is 6.45. The van der Waals surface area contributed by atoms with Crippen molar-refractivity contribution >= 4 is 17.4 Å². The molecule has 1 atom stereocenters. The molecule has 0 aliphatic carbocycles. The van der Waals surface area contributed by atoms with E-state index in [4.69, 9.17) is 14.2 Å². The SMILES string of the molecule is COc1ccc(/C(O)=C2\C(=O)C(=O)N(Cc3ccncc3)C2c2cccc(Oc3ccccc3)c2)cc1OC. The summed E-state index contributed by atoms with van der Waals surface area (Å²) in [6.45, 7) is 0.143. The van der Waals surface area contributed by atoms with Crippen molar-refractivity contribution in [2.24, 2.45) is 0 Å². The molecule has 3 aromatic carbocycles. The van der Waals surface area contributed by atoms with Crippen LogP contribution in [-0.4, -0.2) is 40.9 Å². The van der Waals surface area contributed by atoms with Gasteiger partial charge in [-0.1, -0.05) is 30.3 Å². The van der Waals surface area contributed by atoms with Crippen molar-refractivity contribution < 1.29 is 28.9 Å². The van der Waals surface area contributed by atoms with Crippen LogP contribution in [0.5, 0.6) is 23.0 Å². The zero-order valence-electron chi connectivity index (χ0n) is 21.4. The number of rotatable bonds is 8. The molecule has 8 heteroatoms. The van der Waals surface area contributed by atoms with Crippen molar-refractivity contribution in [1.82, 2.24) is 9.88 Å². The van der Waals surface area contributed by atoms with Crippen LogP contribution in [0, 0.1) is 0 Å². The van der Waals surface area contributed by atoms with Crippen LogP contribution in [0.2, 0.25) is 0 Å². The first-order valence-electron chi connectivity index (χ1n) is 12.2. The number of pyridine rings is 1. The van der Waals surface area contributed by atoms with Crippen LogP contribution in [0.3, 0.4) is 0 Å². The van der Waals surface area contributed by atoms with Crippen LogP contribution in [0.1, 0.15) is 22.7 Å². The first kappa shape index (κ1) is 25.5. The summed E-state index contributed by atoms with van der Waals surface area (Å²) in [5.74, 6) is 0.205. The minimum absolute atomic E-state index is 0.0295. The molecule has 1 aliphatic rings. The lowest BCUT2D eigenvalue weighted by atomic mass is 9.95. The lowest BCUT2D eigenvalue weighted by Gasteiger charge is -2.26. The van der Waals surface area contributed by atoms with Gasteiger partial charge in [0, 0.05) is 24.5 Å². The van der Waals surface area contributed by atoms with Gasteiger partial charge in [-0.15, -0.1) is 0 Å². The Morgan fingerprint density at radius 1 is 0.846 bits per heavy atom. The van der Waals surface area contributed by atoms with Gasteiger partial charge in [-0.05, 0) is 65.7 Å². The quantitative estimate of drug-likeness (QED) is 0.185. The first-order valence-corrected chi connectivity index (χ1v) is 12.2. The predicted molar refractivity (Wildman–Crippen MR) is 145 cm³/mol. The molecule has 1 amide bonds. The maximum absolute atomic E-state index is 13.4. The lowest BCUT2D eigenvalue weighted by Crippen LogP contribution is -2.29. The smallest absolute Gasteiger partial charge is 0.295 e. The molecule has 2 heterocycles. The number of Topliss-reactive ketones (excluding diaryl/α,β-unsaturated/α-hetero) is 1. The molecule has 4 aromatic rings. The zero-order chi connectivity index (χ0) is 27.4. The minimum atomic E-state index is -0.870. The molecule has 0 bridgehead atoms. The van der Waals surface area contributed by atoms with Gasteiger partial charge in [-0.3, -0.25) is 14.6 Å². The fourth-order valence-corrected chi connectivity index (χ4v) is 4.59. The largest absolute Gasteiger partial charge is 0.507 e. The number of amides is 1. The Morgan fingerprint density at radius 3 is 2.28 bits per heavy atom. The minimum Gasteiger partial charge on any atom is -0.507 e. The number of hydrogen-bond acceptors (Lipinski definition) is 7. The molecule has 1 aliphatic heterocycles. The predicted octanol–water partition coefficient (Wildman–Crippen LogP) is 5.51. The van der Waals surface area contributed by atoms with Crippen molar-refractivity contribution in [2.45, 2.75) is 12.6 Å². The summed E-state index contributed by atoms with van der Waals surface area (Å²) in [5, 5.41) is 11.5. The van der Waals surface area contributed by atoms with Crippen molar-refractivity contribution in [3.8, 4) is 23.0 Å². The number of ether oxygens (including phenoxy) is 3. The van der Waals surface area contributed by atoms with Crippen LogP contribution < -0.4 is 14.2 Å². The molecular weight excluding hydrogens is 496 g/mol. The third-order valence-corrected chi connectivity index (χ3v) is 6.45. The highest BCUT2D eigenvalue weighted by Gasteiger charge is 2.46. The number of likely N-dealkylation sites (tertiary alicyclic amines) is 1. The van der Waals surface area contributed by atoms with E-state index in [1.807, 2.05) is 30.3 Å². The molecule has 0 radical (unpaired) electrons. The Kier molecular flexibility index (Phi) is 7.27. The Balaban J connectivity index is 1.63. The normalized spacial score (nSPS) is 16.3. The zero-order valence-corrected chi connectivity index (χ0v) is 21.4. The summed E-state index contributed by atoms with van der Waals surface area (Å²) < 4.78 is 16.7. The molecule has 1 fully saturated rings. The number of carbonyl (C=O) groups excluding carboxylic acids is 2. The van der Waals surface area contributed by atoms with Gasteiger partial charge in [0.15, 0.2) is 11.5 Å². The van der Waals surface area contributed by atoms with E-state index in [-0.39, 0.29) is 17.9 Å². The number of nitrogens with zero attached hydrogens (tertiary/aromatic N) is 2. The number of ketones is 1. The van der Waals surface area contributed by atoms with Crippen molar-refractivity contribution in [3.05, 3.63) is 120 Å². The molecule has 1 unspecified atom stereocenters. The van der Waals surface area contributed by atoms with Crippen LogP contribution in [-0.2, 0) is 16.1 Å². The van der Waals surface area contributed by atoms with E-state index >= 15 is 0 Å². The highest BCUT2D eigenvalue weighted by Crippen LogP contribution is 2.42. The maximum atomic E-state index is 13.4. The number of para-hydroxylation sites is 1. The van der Waals surface area contributed by atoms with Crippen molar-refractivity contribution in [1.29, 1.82) is 0 Å². The Morgan fingerprint density at radius 2 is 1.56 bits per heavy atom. The van der Waals surface area contributed by atoms with Gasteiger partial charge in [0.25, 0.3) is 11.7 Å². The number of aliphatic hydroxyl groups excluding tert-OH is 1. The van der Waals surface area contributed by atoms with E-state index < -0.39 is 17.7 Å². The number of hydrogen-bond donors (Lipinski definition) is 1. The number of methoxy groups -OCH3 is 2. The summed E-state index contributed by atoms with van der Waals surface area (Å²) in [4.78, 5) is 32.3. The van der Waals surface area contributed by atoms with E-state index in [2.05, 4.69) is 4.98 Å². The average molecular weight is 523 g/mol. The summed E-state index contributed by atoms with van der Waals surface area (Å²) >= 11 is 0. The molecule has 0 saturated carbocycles. The first-order chi connectivity index (χ1) is 19.0. The van der Waals surface area contributed by atoms with Crippen LogP contribution in [0.15, 0.2) is 103 Å². The van der Waals surface area contributed by atoms with Gasteiger partial charge in [-0.2, -0.15) is 0 Å². The Hall–Kier alpha value is -5.11. The van der Waals surface area contributed by atoms with Gasteiger partial charge >= 0.3 is 0 Å². The monoisotopic (exact) mass is 522 g/mol. The van der Waals surface area contributed by atoms with Gasteiger partial charge in [0.1, 0.15) is 17.3 Å². The molecule has 8 nitrogen and oxygen atoms in total. The second kappa shape index (κ2) is 11.1. The van der Waals surface area contributed by atoms with E-state index in [0.29, 0.717) is 34.1 Å². The Bertz CT molecular complexity index is 1540. The van der Waals surface area contributed by atoms with Gasteiger partial charge in [0.05, 0.1) is 25.8 Å². The van der Waals surface area contributed by atoms with Crippen molar-refractivity contribution in [2.75, 3.05) is 14.2 Å². The number of aliphatic hydroxyl groups is 1. The Labute approximate surface area is 225 Å². The molecule has 196 valence electrons. The molecule has 1 saturated heterocycles. The van der Waals surface area contributed by atoms with Crippen molar-refractivity contribution in [3.63, 3.8) is 0 Å². The molecule has 0 spiro atoms. The summed E-state index contributed by atoms with van der Waals surface area (Å²) in [5.41, 5.74) is 1.69. The van der Waals surface area contributed by atoms with E-state index in [1.54, 1.807) is 67.0 Å². The standard InChI is InChI=1S/C31H26N2O6/c1-37-25-12-11-22(18-26(25)38-2)29(34)27-28(33(31(36)30(27)35)19-20-13-15-32-16-14-20)21-7-6-10-24(17-21)39-23-8-4-3-5-9-23/h3-18,28,34H,19H2,1-2H3/b29-27+. The fourth-order valence-electron chi connectivity index (χ4n) is 4.59. The number of benzene rings is 3. The van der Waals surface area contributed by atoms with E-state index in [9.17, 15) is 14.7 Å². The molecule has 1 N–H and O–H groups in total. The van der Waals surface area contributed by atoms with Crippen LogP contribution in [0.4, 0.5) is 0 Å². The highest BCUT2D eigenvalue weighted by molar-refractivity contribution is 6.46. The second-order valence-corrected chi connectivity index (χ2v) is 8.84. The number of aromatic nitrogens is 1. The third kappa shape index (κ3) is 5.17. The summed E-state index contributed by atoms with van der Waals surface area (Å²) in [7, 11) is 2.99. The number of carbonyl (C=O) groups is 2. The van der Waals surface area contributed by atoms with Gasteiger partial charge in [0.2, 0.25) is 0 Å². The van der Waals surface area contributed by atoms with E-state index in [1.165, 1.54) is 19.1 Å². The topological polar surface area (TPSA) is 98.2 Å². The maximum Gasteiger partial charge on any atom is 0.295 e.